The molecule has 0 aromatic rings. The first kappa shape index (κ1) is 13.9. The van der Waals surface area contributed by atoms with Gasteiger partial charge in [-0.05, 0) is 26.2 Å². The summed E-state index contributed by atoms with van der Waals surface area (Å²) in [6, 6.07) is -0.186. The molecule has 1 aliphatic carbocycles. The van der Waals surface area contributed by atoms with E-state index >= 15 is 0 Å². The Labute approximate surface area is 99.0 Å². The Kier molecular flexibility index (Phi) is 5.22. The Balaban J connectivity index is 2.29. The van der Waals surface area contributed by atoms with E-state index in [4.69, 9.17) is 5.73 Å². The van der Waals surface area contributed by atoms with E-state index in [1.807, 2.05) is 0 Å². The Morgan fingerprint density at radius 2 is 1.81 bits per heavy atom. The molecule has 1 aliphatic rings. The number of aliphatic hydroxyl groups excluding tert-OH is 1. The summed E-state index contributed by atoms with van der Waals surface area (Å²) in [5.74, 6) is 0.681. The van der Waals surface area contributed by atoms with Crippen molar-refractivity contribution >= 4 is 0 Å². The van der Waals surface area contributed by atoms with Crippen LogP contribution in [0.1, 0.15) is 58.8 Å². The van der Waals surface area contributed by atoms with Gasteiger partial charge in [-0.1, -0.05) is 32.1 Å². The van der Waals surface area contributed by atoms with Crippen LogP contribution in [-0.4, -0.2) is 28.0 Å². The molecule has 0 unspecified atom stereocenters. The molecule has 0 bridgehead atoms. The molecule has 1 saturated carbocycles. The van der Waals surface area contributed by atoms with Gasteiger partial charge in [-0.25, -0.2) is 0 Å². The molecule has 0 radical (unpaired) electrons. The van der Waals surface area contributed by atoms with Crippen LogP contribution in [-0.2, 0) is 0 Å². The molecule has 16 heavy (non-hydrogen) atoms. The number of aliphatic hydroxyl groups is 2. The van der Waals surface area contributed by atoms with Crippen molar-refractivity contribution in [3.8, 4) is 0 Å². The van der Waals surface area contributed by atoms with Crippen molar-refractivity contribution in [1.29, 1.82) is 0 Å². The summed E-state index contributed by atoms with van der Waals surface area (Å²) in [6.45, 7) is 3.42. The second-order valence-electron chi connectivity index (χ2n) is 5.99. The standard InChI is InChI=1S/C13H27NO2/c1-13(2,16)9-12(15)11(14)8-10-6-4-3-5-7-10/h10-12,15-16H,3-9,14H2,1-2H3/t11-,12-/m1/s1. The van der Waals surface area contributed by atoms with E-state index in [9.17, 15) is 10.2 Å². The van der Waals surface area contributed by atoms with Crippen LogP contribution in [0.25, 0.3) is 0 Å². The summed E-state index contributed by atoms with van der Waals surface area (Å²) >= 11 is 0. The van der Waals surface area contributed by atoms with Crippen molar-refractivity contribution in [2.45, 2.75) is 76.5 Å². The number of hydrogen-bond acceptors (Lipinski definition) is 3. The fourth-order valence-corrected chi connectivity index (χ4v) is 2.63. The third kappa shape index (κ3) is 5.28. The topological polar surface area (TPSA) is 66.5 Å². The summed E-state index contributed by atoms with van der Waals surface area (Å²) < 4.78 is 0. The SMILES string of the molecule is CC(C)(O)C[C@@H](O)[C@H](N)CC1CCCCC1. The number of hydrogen-bond donors (Lipinski definition) is 3. The molecular formula is C13H27NO2. The summed E-state index contributed by atoms with van der Waals surface area (Å²) in [4.78, 5) is 0. The average Bonchev–Trinajstić information content (AvgIpc) is 2.16. The highest BCUT2D eigenvalue weighted by molar-refractivity contribution is 4.81. The molecular weight excluding hydrogens is 202 g/mol. The summed E-state index contributed by atoms with van der Waals surface area (Å²) in [5, 5.41) is 19.5. The Bertz CT molecular complexity index is 195. The van der Waals surface area contributed by atoms with Gasteiger partial charge in [-0.2, -0.15) is 0 Å². The van der Waals surface area contributed by atoms with E-state index in [-0.39, 0.29) is 6.04 Å². The second-order valence-corrected chi connectivity index (χ2v) is 5.99. The smallest absolute Gasteiger partial charge is 0.0718 e. The lowest BCUT2D eigenvalue weighted by Gasteiger charge is -2.29. The van der Waals surface area contributed by atoms with Gasteiger partial charge in [0.1, 0.15) is 0 Å². The van der Waals surface area contributed by atoms with Crippen molar-refractivity contribution in [1.82, 2.24) is 0 Å². The molecule has 96 valence electrons. The van der Waals surface area contributed by atoms with Crippen molar-refractivity contribution in [2.24, 2.45) is 11.7 Å². The van der Waals surface area contributed by atoms with Crippen LogP contribution in [0, 0.1) is 5.92 Å². The first-order chi connectivity index (χ1) is 7.38. The van der Waals surface area contributed by atoms with Crippen LogP contribution in [0.5, 0.6) is 0 Å². The van der Waals surface area contributed by atoms with Gasteiger partial charge in [-0.3, -0.25) is 0 Å². The Hall–Kier alpha value is -0.120. The maximum atomic E-state index is 9.90. The van der Waals surface area contributed by atoms with Gasteiger partial charge < -0.3 is 15.9 Å². The van der Waals surface area contributed by atoms with E-state index < -0.39 is 11.7 Å². The van der Waals surface area contributed by atoms with Crippen LogP contribution < -0.4 is 5.73 Å². The quantitative estimate of drug-likeness (QED) is 0.673. The van der Waals surface area contributed by atoms with Crippen LogP contribution in [0.2, 0.25) is 0 Å². The van der Waals surface area contributed by atoms with Gasteiger partial charge in [0.05, 0.1) is 11.7 Å². The fourth-order valence-electron chi connectivity index (χ4n) is 2.63. The summed E-state index contributed by atoms with van der Waals surface area (Å²) in [6.07, 6.45) is 7.14. The third-order valence-corrected chi connectivity index (χ3v) is 3.53. The molecule has 0 aromatic heterocycles. The molecule has 0 amide bonds. The molecule has 1 fully saturated rings. The minimum atomic E-state index is -0.830. The molecule has 0 heterocycles. The number of nitrogens with two attached hydrogens (primary N) is 1. The first-order valence-electron chi connectivity index (χ1n) is 6.54. The van der Waals surface area contributed by atoms with E-state index in [2.05, 4.69) is 0 Å². The highest BCUT2D eigenvalue weighted by Gasteiger charge is 2.26. The monoisotopic (exact) mass is 229 g/mol. The maximum Gasteiger partial charge on any atom is 0.0718 e. The van der Waals surface area contributed by atoms with Crippen molar-refractivity contribution in [3.63, 3.8) is 0 Å². The van der Waals surface area contributed by atoms with Gasteiger partial charge in [0.15, 0.2) is 0 Å². The lowest BCUT2D eigenvalue weighted by atomic mass is 9.82. The third-order valence-electron chi connectivity index (χ3n) is 3.53. The molecule has 0 spiro atoms. The fraction of sp³-hybridized carbons (Fsp3) is 1.00. The molecule has 2 atom stereocenters. The normalized spacial score (nSPS) is 23.1. The van der Waals surface area contributed by atoms with Gasteiger partial charge in [0.2, 0.25) is 0 Å². The van der Waals surface area contributed by atoms with Gasteiger partial charge in [0, 0.05) is 12.5 Å². The summed E-state index contributed by atoms with van der Waals surface area (Å²) in [7, 11) is 0. The average molecular weight is 229 g/mol. The van der Waals surface area contributed by atoms with Gasteiger partial charge in [-0.15, -0.1) is 0 Å². The lowest BCUT2D eigenvalue weighted by molar-refractivity contribution is 0.00598. The summed E-state index contributed by atoms with van der Waals surface area (Å²) in [5.41, 5.74) is 5.16. The Morgan fingerprint density at radius 1 is 1.25 bits per heavy atom. The maximum absolute atomic E-state index is 9.90. The van der Waals surface area contributed by atoms with Crippen molar-refractivity contribution < 1.29 is 10.2 Å². The van der Waals surface area contributed by atoms with Crippen LogP contribution in [0.3, 0.4) is 0 Å². The van der Waals surface area contributed by atoms with Crippen molar-refractivity contribution in [3.05, 3.63) is 0 Å². The van der Waals surface area contributed by atoms with E-state index in [1.54, 1.807) is 13.8 Å². The van der Waals surface area contributed by atoms with Gasteiger partial charge >= 0.3 is 0 Å². The molecule has 4 N–H and O–H groups in total. The van der Waals surface area contributed by atoms with E-state index in [0.29, 0.717) is 12.3 Å². The van der Waals surface area contributed by atoms with Gasteiger partial charge in [0.25, 0.3) is 0 Å². The molecule has 0 aliphatic heterocycles. The van der Waals surface area contributed by atoms with Crippen molar-refractivity contribution in [2.75, 3.05) is 0 Å². The molecule has 3 heteroatoms. The first-order valence-corrected chi connectivity index (χ1v) is 6.54. The van der Waals surface area contributed by atoms with Crippen LogP contribution in [0.4, 0.5) is 0 Å². The minimum absolute atomic E-state index is 0.186. The predicted octanol–water partition coefficient (Wildman–Crippen LogP) is 1.81. The molecule has 3 nitrogen and oxygen atoms in total. The zero-order chi connectivity index (χ0) is 12.2. The largest absolute Gasteiger partial charge is 0.391 e. The Morgan fingerprint density at radius 3 is 2.31 bits per heavy atom. The molecule has 1 rings (SSSR count). The molecule has 0 saturated heterocycles. The highest BCUT2D eigenvalue weighted by Crippen LogP contribution is 2.28. The lowest BCUT2D eigenvalue weighted by Crippen LogP contribution is -2.41. The zero-order valence-electron chi connectivity index (χ0n) is 10.7. The highest BCUT2D eigenvalue weighted by atomic mass is 16.3. The zero-order valence-corrected chi connectivity index (χ0v) is 10.7. The van der Waals surface area contributed by atoms with Crippen LogP contribution >= 0.6 is 0 Å². The second kappa shape index (κ2) is 5.99. The van der Waals surface area contributed by atoms with Crippen LogP contribution in [0.15, 0.2) is 0 Å². The molecule has 0 aromatic carbocycles. The van der Waals surface area contributed by atoms with E-state index in [1.165, 1.54) is 32.1 Å². The minimum Gasteiger partial charge on any atom is -0.391 e. The predicted molar refractivity (Wildman–Crippen MR) is 66.1 cm³/mol. The van der Waals surface area contributed by atoms with E-state index in [0.717, 1.165) is 6.42 Å². The number of rotatable bonds is 5.